The van der Waals surface area contributed by atoms with E-state index in [1.54, 1.807) is 0 Å². The first-order chi connectivity index (χ1) is 12.1. The second kappa shape index (κ2) is 5.48. The monoisotopic (exact) mass is 340 g/mol. The molecule has 4 fully saturated rings. The second-order valence-electron chi connectivity index (χ2n) is 8.55. The zero-order valence-electron chi connectivity index (χ0n) is 14.3. The molecule has 5 heteroatoms. The number of ether oxygens (including phenoxy) is 1. The van der Waals surface area contributed by atoms with Gasteiger partial charge in [-0.25, -0.2) is 0 Å². The summed E-state index contributed by atoms with van der Waals surface area (Å²) in [5.74, 6) is 3.13. The van der Waals surface area contributed by atoms with Gasteiger partial charge in [-0.1, -0.05) is 6.07 Å². The van der Waals surface area contributed by atoms with E-state index in [2.05, 4.69) is 10.6 Å². The average Bonchev–Trinajstić information content (AvgIpc) is 2.58. The maximum Gasteiger partial charge on any atom is 0.262 e. The van der Waals surface area contributed by atoms with E-state index in [1.165, 1.54) is 19.3 Å². The number of carbonyl (C=O) groups excluding carboxylic acids is 2. The van der Waals surface area contributed by atoms with Crippen molar-refractivity contribution in [1.29, 1.82) is 0 Å². The maximum atomic E-state index is 13.0. The van der Waals surface area contributed by atoms with Crippen LogP contribution in [0.1, 0.15) is 44.1 Å². The van der Waals surface area contributed by atoms with Crippen molar-refractivity contribution in [3.8, 4) is 5.75 Å². The van der Waals surface area contributed by atoms with Gasteiger partial charge in [0.15, 0.2) is 6.61 Å². The van der Waals surface area contributed by atoms with E-state index in [0.29, 0.717) is 18.0 Å². The van der Waals surface area contributed by atoms with Gasteiger partial charge >= 0.3 is 0 Å². The fourth-order valence-corrected chi connectivity index (χ4v) is 5.99. The van der Waals surface area contributed by atoms with Crippen LogP contribution in [0.3, 0.4) is 0 Å². The zero-order valence-corrected chi connectivity index (χ0v) is 14.3. The zero-order chi connectivity index (χ0) is 17.0. The predicted molar refractivity (Wildman–Crippen MR) is 93.0 cm³/mol. The summed E-state index contributed by atoms with van der Waals surface area (Å²) in [5.41, 5.74) is 1.60. The minimum atomic E-state index is -0.129. The van der Waals surface area contributed by atoms with Gasteiger partial charge in [0.2, 0.25) is 5.91 Å². The van der Waals surface area contributed by atoms with Crippen molar-refractivity contribution >= 4 is 17.5 Å². The number of anilines is 1. The number of fused-ring (bicyclic) bond motifs is 1. The third-order valence-corrected chi connectivity index (χ3v) is 6.65. The summed E-state index contributed by atoms with van der Waals surface area (Å²) in [6.07, 6.45) is 7.31. The normalized spacial score (nSPS) is 34.9. The highest BCUT2D eigenvalue weighted by Gasteiger charge is 2.54. The van der Waals surface area contributed by atoms with Gasteiger partial charge in [-0.2, -0.15) is 0 Å². The van der Waals surface area contributed by atoms with E-state index in [9.17, 15) is 9.59 Å². The molecule has 0 saturated heterocycles. The fraction of sp³-hybridized carbons (Fsp3) is 0.600. The molecule has 4 bridgehead atoms. The molecule has 1 aromatic rings. The summed E-state index contributed by atoms with van der Waals surface area (Å²) in [6.45, 7) is 0.571. The lowest BCUT2D eigenvalue weighted by atomic mass is 9.49. The number of hydrogen-bond donors (Lipinski definition) is 2. The lowest BCUT2D eigenvalue weighted by Gasteiger charge is -2.55. The largest absolute Gasteiger partial charge is 0.482 e. The Kier molecular flexibility index (Phi) is 3.34. The fourth-order valence-electron chi connectivity index (χ4n) is 5.99. The topological polar surface area (TPSA) is 67.4 Å². The third-order valence-electron chi connectivity index (χ3n) is 6.65. The van der Waals surface area contributed by atoms with Gasteiger partial charge in [0.1, 0.15) is 5.75 Å². The molecule has 25 heavy (non-hydrogen) atoms. The van der Waals surface area contributed by atoms with Crippen molar-refractivity contribution in [2.75, 3.05) is 11.9 Å². The summed E-state index contributed by atoms with van der Waals surface area (Å²) in [5, 5.41) is 5.98. The summed E-state index contributed by atoms with van der Waals surface area (Å²) in [7, 11) is 0. The van der Waals surface area contributed by atoms with Crippen molar-refractivity contribution in [3.63, 3.8) is 0 Å². The number of carbonyl (C=O) groups is 2. The van der Waals surface area contributed by atoms with Crippen molar-refractivity contribution in [1.82, 2.24) is 5.32 Å². The average molecular weight is 340 g/mol. The van der Waals surface area contributed by atoms with Crippen LogP contribution in [0.15, 0.2) is 18.2 Å². The van der Waals surface area contributed by atoms with Crippen LogP contribution in [0.5, 0.6) is 5.75 Å². The highest BCUT2D eigenvalue weighted by molar-refractivity contribution is 5.95. The lowest BCUT2D eigenvalue weighted by Crippen LogP contribution is -2.53. The highest BCUT2D eigenvalue weighted by Crippen LogP contribution is 2.60. The molecule has 6 rings (SSSR count). The molecule has 0 radical (unpaired) electrons. The summed E-state index contributed by atoms with van der Waals surface area (Å²) < 4.78 is 5.46. The quantitative estimate of drug-likeness (QED) is 0.889. The second-order valence-corrected chi connectivity index (χ2v) is 8.55. The van der Waals surface area contributed by atoms with E-state index in [-0.39, 0.29) is 23.8 Å². The summed E-state index contributed by atoms with van der Waals surface area (Å²) in [6, 6.07) is 5.70. The van der Waals surface area contributed by atoms with Crippen LogP contribution in [-0.4, -0.2) is 18.4 Å². The first-order valence-electron chi connectivity index (χ1n) is 9.43. The minimum absolute atomic E-state index is 0.0517. The molecule has 5 nitrogen and oxygen atoms in total. The first kappa shape index (κ1) is 15.2. The summed E-state index contributed by atoms with van der Waals surface area (Å²) in [4.78, 5) is 24.3. The number of rotatable bonds is 3. The Morgan fingerprint density at radius 1 is 1.16 bits per heavy atom. The van der Waals surface area contributed by atoms with Gasteiger partial charge in [-0.15, -0.1) is 0 Å². The molecule has 2 amide bonds. The Labute approximate surface area is 147 Å². The molecule has 132 valence electrons. The van der Waals surface area contributed by atoms with Crippen LogP contribution < -0.4 is 15.4 Å². The van der Waals surface area contributed by atoms with Crippen LogP contribution >= 0.6 is 0 Å². The standard InChI is InChI=1S/C20H24N2O3/c23-18-11-25-17-6-12(1-2-16(17)22-18)10-21-19(24)20-7-13-3-14(8-20)5-15(4-13)9-20/h1-2,6,13-15H,3-5,7-11H2,(H,21,24)(H,22,23). The van der Waals surface area contributed by atoms with Crippen molar-refractivity contribution in [3.05, 3.63) is 23.8 Å². The molecule has 0 spiro atoms. The lowest BCUT2D eigenvalue weighted by molar-refractivity contribution is -0.146. The molecule has 0 aromatic heterocycles. The molecule has 1 aliphatic heterocycles. The van der Waals surface area contributed by atoms with Crippen LogP contribution in [0.2, 0.25) is 0 Å². The van der Waals surface area contributed by atoms with Gasteiger partial charge in [0, 0.05) is 12.0 Å². The Morgan fingerprint density at radius 3 is 2.52 bits per heavy atom. The molecule has 1 heterocycles. The Balaban J connectivity index is 1.27. The van der Waals surface area contributed by atoms with Crippen LogP contribution in [0.25, 0.3) is 0 Å². The van der Waals surface area contributed by atoms with E-state index < -0.39 is 0 Å². The van der Waals surface area contributed by atoms with Gasteiger partial charge in [-0.3, -0.25) is 9.59 Å². The SMILES string of the molecule is O=C1COc2cc(CNC(=O)C34CC5CC(CC(C5)C3)C4)ccc2N1. The van der Waals surface area contributed by atoms with Gasteiger partial charge < -0.3 is 15.4 Å². The van der Waals surface area contributed by atoms with Gasteiger partial charge in [0.25, 0.3) is 5.91 Å². The molecule has 0 unspecified atom stereocenters. The molecule has 5 aliphatic rings. The van der Waals surface area contributed by atoms with E-state index in [0.717, 1.165) is 42.6 Å². The molecule has 2 N–H and O–H groups in total. The molecular formula is C20H24N2O3. The molecule has 4 aliphatic carbocycles. The number of nitrogens with one attached hydrogen (secondary N) is 2. The molecule has 1 aromatic carbocycles. The third kappa shape index (κ3) is 2.60. The molecule has 0 atom stereocenters. The van der Waals surface area contributed by atoms with Crippen molar-refractivity contribution in [2.45, 2.75) is 45.1 Å². The van der Waals surface area contributed by atoms with Gasteiger partial charge in [-0.05, 0) is 74.0 Å². The Morgan fingerprint density at radius 2 is 1.84 bits per heavy atom. The molecular weight excluding hydrogens is 316 g/mol. The van der Waals surface area contributed by atoms with Crippen LogP contribution in [-0.2, 0) is 16.1 Å². The number of benzene rings is 1. The minimum Gasteiger partial charge on any atom is -0.482 e. The first-order valence-corrected chi connectivity index (χ1v) is 9.43. The summed E-state index contributed by atoms with van der Waals surface area (Å²) >= 11 is 0. The van der Waals surface area contributed by atoms with Crippen LogP contribution in [0, 0.1) is 23.2 Å². The molecule has 4 saturated carbocycles. The predicted octanol–water partition coefficient (Wildman–Crippen LogP) is 2.85. The van der Waals surface area contributed by atoms with E-state index in [1.807, 2.05) is 18.2 Å². The van der Waals surface area contributed by atoms with Crippen molar-refractivity contribution < 1.29 is 14.3 Å². The Bertz CT molecular complexity index is 707. The highest BCUT2D eigenvalue weighted by atomic mass is 16.5. The van der Waals surface area contributed by atoms with Crippen molar-refractivity contribution in [2.24, 2.45) is 23.2 Å². The smallest absolute Gasteiger partial charge is 0.262 e. The Hall–Kier alpha value is -2.04. The van der Waals surface area contributed by atoms with E-state index >= 15 is 0 Å². The van der Waals surface area contributed by atoms with E-state index in [4.69, 9.17) is 4.74 Å². The number of hydrogen-bond acceptors (Lipinski definition) is 3. The maximum absolute atomic E-state index is 13.0. The van der Waals surface area contributed by atoms with Gasteiger partial charge in [0.05, 0.1) is 5.69 Å². The van der Waals surface area contributed by atoms with Crippen LogP contribution in [0.4, 0.5) is 5.69 Å². The number of amides is 2.